The van der Waals surface area contributed by atoms with Crippen LogP contribution in [0.5, 0.6) is 0 Å². The van der Waals surface area contributed by atoms with E-state index in [2.05, 4.69) is 5.32 Å². The third kappa shape index (κ3) is 7.06. The van der Waals surface area contributed by atoms with Crippen molar-refractivity contribution < 1.29 is 14.3 Å². The lowest BCUT2D eigenvalue weighted by Crippen LogP contribution is -2.37. The molecule has 134 valence electrons. The number of benzene rings is 1. The van der Waals surface area contributed by atoms with E-state index in [4.69, 9.17) is 10.5 Å². The van der Waals surface area contributed by atoms with Crippen molar-refractivity contribution in [3.8, 4) is 6.07 Å². The van der Waals surface area contributed by atoms with Gasteiger partial charge in [0.1, 0.15) is 17.2 Å². The van der Waals surface area contributed by atoms with Crippen molar-refractivity contribution in [2.45, 2.75) is 33.3 Å². The van der Waals surface area contributed by atoms with Gasteiger partial charge in [-0.2, -0.15) is 5.26 Å². The molecule has 0 aliphatic rings. The Balaban J connectivity index is 2.95. The number of anilines is 1. The van der Waals surface area contributed by atoms with Crippen molar-refractivity contribution in [2.24, 2.45) is 5.73 Å². The summed E-state index contributed by atoms with van der Waals surface area (Å²) in [5.41, 5.74) is 6.18. The van der Waals surface area contributed by atoms with Crippen LogP contribution >= 0.6 is 0 Å². The number of carbonyl (C=O) groups excluding carboxylic acids is 2. The largest absolute Gasteiger partial charge is 0.443 e. The fraction of sp³-hybridized carbons (Fsp3) is 0.389. The summed E-state index contributed by atoms with van der Waals surface area (Å²) in [6.07, 6.45) is 0.485. The van der Waals surface area contributed by atoms with E-state index in [0.29, 0.717) is 5.69 Å². The molecule has 7 nitrogen and oxygen atoms in total. The highest BCUT2D eigenvalue weighted by Gasteiger charge is 2.22. The first-order chi connectivity index (χ1) is 11.7. The van der Waals surface area contributed by atoms with Gasteiger partial charge in [-0.1, -0.05) is 17.7 Å². The van der Waals surface area contributed by atoms with E-state index in [9.17, 15) is 14.9 Å². The molecule has 0 aliphatic carbocycles. The van der Waals surface area contributed by atoms with Gasteiger partial charge < -0.3 is 15.8 Å². The second kappa shape index (κ2) is 8.85. The Morgan fingerprint density at radius 1 is 1.32 bits per heavy atom. The van der Waals surface area contributed by atoms with Crippen molar-refractivity contribution in [1.82, 2.24) is 4.90 Å². The number of hydrogen-bond acceptors (Lipinski definition) is 5. The van der Waals surface area contributed by atoms with Gasteiger partial charge in [0.25, 0.3) is 5.91 Å². The fourth-order valence-corrected chi connectivity index (χ4v) is 1.80. The van der Waals surface area contributed by atoms with Crippen molar-refractivity contribution in [2.75, 3.05) is 18.4 Å². The Morgan fingerprint density at radius 3 is 2.40 bits per heavy atom. The summed E-state index contributed by atoms with van der Waals surface area (Å²) in [5, 5.41) is 11.9. The summed E-state index contributed by atoms with van der Waals surface area (Å²) in [7, 11) is 0. The minimum Gasteiger partial charge on any atom is -0.443 e. The maximum atomic E-state index is 12.3. The Hall–Kier alpha value is -2.85. The molecule has 7 heteroatoms. The van der Waals surface area contributed by atoms with Gasteiger partial charge in [-0.15, -0.1) is 0 Å². The zero-order chi connectivity index (χ0) is 19.0. The van der Waals surface area contributed by atoms with Gasteiger partial charge in [0, 0.05) is 25.0 Å². The highest BCUT2D eigenvalue weighted by molar-refractivity contribution is 6.06. The van der Waals surface area contributed by atoms with Crippen LogP contribution in [0.1, 0.15) is 26.3 Å². The lowest BCUT2D eigenvalue weighted by atomic mass is 10.2. The summed E-state index contributed by atoms with van der Waals surface area (Å²) >= 11 is 0. The summed E-state index contributed by atoms with van der Waals surface area (Å²) < 4.78 is 5.25. The van der Waals surface area contributed by atoms with E-state index in [1.54, 1.807) is 39.0 Å². The number of hydrogen-bond donors (Lipinski definition) is 2. The predicted octanol–water partition coefficient (Wildman–Crippen LogP) is 2.54. The maximum Gasteiger partial charge on any atom is 0.414 e. The van der Waals surface area contributed by atoms with Crippen LogP contribution in [-0.4, -0.2) is 35.6 Å². The van der Waals surface area contributed by atoms with Crippen LogP contribution < -0.4 is 11.1 Å². The SMILES string of the molecule is Cc1ccc(NC(=O)/C(C#N)=C\N(CCN)C(=O)OC(C)(C)C)cc1. The minimum absolute atomic E-state index is 0.123. The number of ether oxygens (including phenoxy) is 1. The Kier molecular flexibility index (Phi) is 7.15. The molecule has 0 heterocycles. The number of nitrogens with two attached hydrogens (primary N) is 1. The molecule has 0 spiro atoms. The molecule has 0 bridgehead atoms. The number of amides is 2. The van der Waals surface area contributed by atoms with E-state index in [1.165, 1.54) is 0 Å². The zero-order valence-electron chi connectivity index (χ0n) is 15.0. The molecular formula is C18H24N4O3. The van der Waals surface area contributed by atoms with Crippen LogP contribution in [0.15, 0.2) is 36.0 Å². The van der Waals surface area contributed by atoms with Crippen molar-refractivity contribution in [3.05, 3.63) is 41.6 Å². The van der Waals surface area contributed by atoms with Crippen LogP contribution in [0.25, 0.3) is 0 Å². The van der Waals surface area contributed by atoms with Gasteiger partial charge in [-0.25, -0.2) is 4.79 Å². The van der Waals surface area contributed by atoms with Gasteiger partial charge in [0.05, 0.1) is 0 Å². The summed E-state index contributed by atoms with van der Waals surface area (Å²) in [4.78, 5) is 25.6. The topological polar surface area (TPSA) is 108 Å². The third-order valence-electron chi connectivity index (χ3n) is 2.96. The molecule has 0 radical (unpaired) electrons. The molecule has 25 heavy (non-hydrogen) atoms. The van der Waals surface area contributed by atoms with Crippen LogP contribution in [-0.2, 0) is 9.53 Å². The minimum atomic E-state index is -0.700. The van der Waals surface area contributed by atoms with Crippen LogP contribution in [0.4, 0.5) is 10.5 Å². The van der Waals surface area contributed by atoms with Gasteiger partial charge in [-0.05, 0) is 39.8 Å². The number of rotatable bonds is 5. The average Bonchev–Trinajstić information content (AvgIpc) is 2.51. The number of aryl methyl sites for hydroxylation is 1. The standard InChI is InChI=1S/C18H24N4O3/c1-13-5-7-15(8-6-13)21-16(23)14(11-20)12-22(10-9-19)17(24)25-18(2,3)4/h5-8,12H,9-10,19H2,1-4H3,(H,21,23)/b14-12-. The van der Waals surface area contributed by atoms with Gasteiger partial charge in [-0.3, -0.25) is 9.69 Å². The van der Waals surface area contributed by atoms with E-state index in [1.807, 2.05) is 19.1 Å². The number of nitrogens with zero attached hydrogens (tertiary/aromatic N) is 2. The molecule has 0 atom stereocenters. The lowest BCUT2D eigenvalue weighted by molar-refractivity contribution is -0.112. The van der Waals surface area contributed by atoms with E-state index in [-0.39, 0.29) is 18.7 Å². The molecule has 3 N–H and O–H groups in total. The van der Waals surface area contributed by atoms with Crippen molar-refractivity contribution in [1.29, 1.82) is 5.26 Å². The molecule has 0 unspecified atom stereocenters. The Labute approximate surface area is 148 Å². The average molecular weight is 344 g/mol. The highest BCUT2D eigenvalue weighted by Crippen LogP contribution is 2.13. The molecule has 0 saturated carbocycles. The quantitative estimate of drug-likeness (QED) is 0.630. The molecule has 1 rings (SSSR count). The number of carbonyl (C=O) groups is 2. The molecular weight excluding hydrogens is 320 g/mol. The van der Waals surface area contributed by atoms with Crippen LogP contribution in [0.2, 0.25) is 0 Å². The summed E-state index contributed by atoms with van der Waals surface area (Å²) in [6, 6.07) is 8.94. The first-order valence-electron chi connectivity index (χ1n) is 7.86. The van der Waals surface area contributed by atoms with Crippen LogP contribution in [0, 0.1) is 18.3 Å². The monoisotopic (exact) mass is 344 g/mol. The second-order valence-corrected chi connectivity index (χ2v) is 6.44. The van der Waals surface area contributed by atoms with Gasteiger partial charge >= 0.3 is 6.09 Å². The van der Waals surface area contributed by atoms with E-state index < -0.39 is 17.6 Å². The maximum absolute atomic E-state index is 12.3. The lowest BCUT2D eigenvalue weighted by Gasteiger charge is -2.25. The smallest absolute Gasteiger partial charge is 0.414 e. The highest BCUT2D eigenvalue weighted by atomic mass is 16.6. The van der Waals surface area contributed by atoms with E-state index >= 15 is 0 Å². The normalized spacial score (nSPS) is 11.4. The Morgan fingerprint density at radius 2 is 1.92 bits per heavy atom. The molecule has 0 fully saturated rings. The molecule has 0 aromatic heterocycles. The molecule has 0 saturated heterocycles. The molecule has 0 aliphatic heterocycles. The van der Waals surface area contributed by atoms with Gasteiger partial charge in [0.2, 0.25) is 0 Å². The predicted molar refractivity (Wildman–Crippen MR) is 95.5 cm³/mol. The van der Waals surface area contributed by atoms with Crippen LogP contribution in [0.3, 0.4) is 0 Å². The summed E-state index contributed by atoms with van der Waals surface area (Å²) in [5.74, 6) is -0.614. The first kappa shape index (κ1) is 20.2. The third-order valence-corrected chi connectivity index (χ3v) is 2.96. The molecule has 2 amide bonds. The second-order valence-electron chi connectivity index (χ2n) is 6.44. The summed E-state index contributed by atoms with van der Waals surface area (Å²) in [6.45, 7) is 7.39. The zero-order valence-corrected chi connectivity index (χ0v) is 15.0. The number of nitrogens with one attached hydrogen (secondary N) is 1. The molecule has 1 aromatic carbocycles. The van der Waals surface area contributed by atoms with Crippen molar-refractivity contribution >= 4 is 17.7 Å². The fourth-order valence-electron chi connectivity index (χ4n) is 1.80. The Bertz CT molecular complexity index is 682. The van der Waals surface area contributed by atoms with Gasteiger partial charge in [0.15, 0.2) is 0 Å². The van der Waals surface area contributed by atoms with Crippen molar-refractivity contribution in [3.63, 3.8) is 0 Å². The molecule has 1 aromatic rings. The first-order valence-corrected chi connectivity index (χ1v) is 7.86. The number of nitriles is 1. The van der Waals surface area contributed by atoms with E-state index in [0.717, 1.165) is 16.7 Å².